The number of Topliss-reactive ketones (excluding diaryl/α,β-unsaturated/α-hetero) is 3. The van der Waals surface area contributed by atoms with Crippen LogP contribution in [0.3, 0.4) is 0 Å². The van der Waals surface area contributed by atoms with Gasteiger partial charge < -0.3 is 20.9 Å². The van der Waals surface area contributed by atoms with E-state index in [9.17, 15) is 37.5 Å². The lowest BCUT2D eigenvalue weighted by atomic mass is 9.52. The van der Waals surface area contributed by atoms with E-state index in [1.54, 1.807) is 19.0 Å². The number of benzene rings is 2. The minimum Gasteiger partial charge on any atom is -0.507 e. The van der Waals surface area contributed by atoms with Crippen LogP contribution in [0.4, 0.5) is 13.2 Å². The summed E-state index contributed by atoms with van der Waals surface area (Å²) in [6.07, 6.45) is -5.53. The first-order valence-corrected chi connectivity index (χ1v) is 15.3. The van der Waals surface area contributed by atoms with E-state index in [2.05, 4.69) is 5.32 Å². The molecule has 9 nitrogen and oxygen atoms in total. The summed E-state index contributed by atoms with van der Waals surface area (Å²) < 4.78 is 50.3. The zero-order valence-electron chi connectivity index (χ0n) is 26.5. The highest BCUT2D eigenvalue weighted by Gasteiger charge is 2.66. The van der Waals surface area contributed by atoms with E-state index in [0.717, 1.165) is 11.6 Å². The van der Waals surface area contributed by atoms with E-state index in [1.807, 2.05) is 44.2 Å². The summed E-state index contributed by atoms with van der Waals surface area (Å²) in [4.78, 5) is 55.6. The summed E-state index contributed by atoms with van der Waals surface area (Å²) in [6, 6.07) is 9.49. The number of phenols is 1. The lowest BCUT2D eigenvalue weighted by Gasteiger charge is -2.55. The van der Waals surface area contributed by atoms with Crippen molar-refractivity contribution in [1.82, 2.24) is 10.2 Å². The molecule has 46 heavy (non-hydrogen) atoms. The van der Waals surface area contributed by atoms with E-state index >= 15 is 0 Å². The van der Waals surface area contributed by atoms with Crippen LogP contribution in [0.15, 0.2) is 36.4 Å². The summed E-state index contributed by atoms with van der Waals surface area (Å²) in [6.45, 7) is 4.03. The molecule has 4 N–H and O–H groups in total. The zero-order valence-corrected chi connectivity index (χ0v) is 26.5. The number of hydrogen-bond acceptors (Lipinski definition) is 8. The quantitative estimate of drug-likeness (QED) is 0.372. The van der Waals surface area contributed by atoms with Crippen LogP contribution in [0.1, 0.15) is 59.3 Å². The number of halogens is 3. The number of aromatic hydroxyl groups is 1. The normalized spacial score (nSPS) is 28.1. The lowest BCUT2D eigenvalue weighted by molar-refractivity contribution is -0.182. The van der Waals surface area contributed by atoms with Gasteiger partial charge in [-0.2, -0.15) is 13.2 Å². The van der Waals surface area contributed by atoms with E-state index in [1.165, 1.54) is 7.11 Å². The Morgan fingerprint density at radius 1 is 1.15 bits per heavy atom. The molecule has 0 aromatic heterocycles. The third-order valence-electron chi connectivity index (χ3n) is 10.3. The van der Waals surface area contributed by atoms with Crippen LogP contribution in [0.2, 0.25) is 0 Å². The second-order valence-electron chi connectivity index (χ2n) is 13.7. The Labute approximate surface area is 265 Å². The molecular weight excluding hydrogens is 603 g/mol. The number of ether oxygens (including phenoxy) is 1. The number of primary amides is 1. The van der Waals surface area contributed by atoms with Crippen LogP contribution in [0, 0.1) is 23.7 Å². The number of rotatable bonds is 8. The van der Waals surface area contributed by atoms with Gasteiger partial charge in [0.2, 0.25) is 5.91 Å². The highest BCUT2D eigenvalue weighted by Crippen LogP contribution is 2.54. The second-order valence-corrected chi connectivity index (χ2v) is 13.7. The van der Waals surface area contributed by atoms with E-state index < -0.39 is 87.0 Å². The number of carbonyl (C=O) groups is 4. The molecule has 0 bridgehead atoms. The second kappa shape index (κ2) is 11.9. The summed E-state index contributed by atoms with van der Waals surface area (Å²) in [5.74, 6) is -8.18. The maximum atomic E-state index is 14.8. The molecule has 2 fully saturated rings. The Morgan fingerprint density at radius 2 is 1.80 bits per heavy atom. The largest absolute Gasteiger partial charge is 0.507 e. The number of hydrogen-bond donors (Lipinski definition) is 3. The number of alkyl halides is 3. The van der Waals surface area contributed by atoms with Crippen LogP contribution in [0.5, 0.6) is 5.75 Å². The van der Waals surface area contributed by atoms with Gasteiger partial charge in [-0.05, 0) is 55.6 Å². The van der Waals surface area contributed by atoms with Gasteiger partial charge in [0.15, 0.2) is 17.3 Å². The summed E-state index contributed by atoms with van der Waals surface area (Å²) in [7, 11) is 4.45. The number of nitrogens with one attached hydrogen (secondary N) is 1. The smallest absolute Gasteiger partial charge is 0.417 e. The van der Waals surface area contributed by atoms with Crippen LogP contribution >= 0.6 is 0 Å². The molecule has 0 radical (unpaired) electrons. The Morgan fingerprint density at radius 3 is 2.37 bits per heavy atom. The molecule has 0 heterocycles. The van der Waals surface area contributed by atoms with Gasteiger partial charge >= 0.3 is 6.18 Å². The van der Waals surface area contributed by atoms with Gasteiger partial charge in [-0.3, -0.25) is 24.1 Å². The molecule has 2 aromatic rings. The first-order valence-electron chi connectivity index (χ1n) is 15.3. The van der Waals surface area contributed by atoms with Crippen LogP contribution in [-0.2, 0) is 43.7 Å². The van der Waals surface area contributed by atoms with Gasteiger partial charge in [0.25, 0.3) is 0 Å². The number of nitrogens with two attached hydrogens (primary N) is 1. The van der Waals surface area contributed by atoms with Gasteiger partial charge in [-0.1, -0.05) is 44.2 Å². The Balaban J connectivity index is 1.55. The topological polar surface area (TPSA) is 139 Å². The molecule has 0 saturated heterocycles. The van der Waals surface area contributed by atoms with Crippen LogP contribution in [0.25, 0.3) is 0 Å². The number of nitrogens with zero attached hydrogens (tertiary/aromatic N) is 1. The molecule has 0 spiro atoms. The number of amides is 1. The number of phenolic OH excluding ortho intramolecular Hbond substituents is 1. The molecule has 2 aromatic carbocycles. The average Bonchev–Trinajstić information content (AvgIpc) is 2.96. The monoisotopic (exact) mass is 643 g/mol. The third-order valence-corrected chi connectivity index (χ3v) is 10.3. The average molecular weight is 644 g/mol. The van der Waals surface area contributed by atoms with Crippen LogP contribution in [-0.4, -0.2) is 72.7 Å². The number of likely N-dealkylation sites (N-methyl/N-ethyl adjacent to an activating group) is 1. The predicted octanol–water partition coefficient (Wildman–Crippen LogP) is 3.43. The van der Waals surface area contributed by atoms with Crippen molar-refractivity contribution in [1.29, 1.82) is 0 Å². The third kappa shape index (κ3) is 5.43. The van der Waals surface area contributed by atoms with Crippen molar-refractivity contribution >= 4 is 23.3 Å². The lowest BCUT2D eigenvalue weighted by Crippen LogP contribution is -2.70. The van der Waals surface area contributed by atoms with E-state index in [4.69, 9.17) is 10.5 Å². The number of carbonyl (C=O) groups excluding carboxylic acids is 4. The summed E-state index contributed by atoms with van der Waals surface area (Å²) >= 11 is 0. The number of methoxy groups -OCH3 is 1. The van der Waals surface area contributed by atoms with Crippen molar-refractivity contribution < 1.29 is 42.2 Å². The summed E-state index contributed by atoms with van der Waals surface area (Å²) in [5, 5.41) is 14.2. The minimum absolute atomic E-state index is 0.0152. The fraction of sp³-hybridized carbons (Fsp3) is 0.529. The van der Waals surface area contributed by atoms with E-state index in [0.29, 0.717) is 6.54 Å². The minimum atomic E-state index is -4.87. The molecule has 2 saturated carbocycles. The Bertz CT molecular complexity index is 1570. The van der Waals surface area contributed by atoms with E-state index in [-0.39, 0.29) is 36.9 Å². The fourth-order valence-electron chi connectivity index (χ4n) is 8.15. The number of ketones is 3. The number of fused-ring (bicyclic) bond motifs is 3. The maximum Gasteiger partial charge on any atom is 0.417 e. The van der Waals surface area contributed by atoms with Gasteiger partial charge in [-0.25, -0.2) is 0 Å². The standard InChI is InChI=1S/C34H40F3N3O6/c1-32(2,19-9-7-6-8-10-19)16-39-15-18-13-23(41)25-20(26(18)34(35,36)37)11-17-12-22-27(40(3)4)28(42)21(31(38)45)14-33(22,46-5)30(44)24(17)29(25)43/h6-10,13,17,21-22,24,27,39,41H,11-12,14-16H2,1-5H3,(H2,38,45). The van der Waals surface area contributed by atoms with Crippen LogP contribution < -0.4 is 11.1 Å². The van der Waals surface area contributed by atoms with Crippen molar-refractivity contribution in [2.45, 2.75) is 62.9 Å². The molecule has 3 aliphatic carbocycles. The fourth-order valence-corrected chi connectivity index (χ4v) is 8.15. The Hall–Kier alpha value is -3.61. The van der Waals surface area contributed by atoms with Gasteiger partial charge in [0.1, 0.15) is 17.3 Å². The Kier molecular flexibility index (Phi) is 8.71. The predicted molar refractivity (Wildman–Crippen MR) is 162 cm³/mol. The molecule has 6 atom stereocenters. The van der Waals surface area contributed by atoms with Gasteiger partial charge in [-0.15, -0.1) is 0 Å². The van der Waals surface area contributed by atoms with Crippen molar-refractivity contribution in [3.05, 3.63) is 64.2 Å². The zero-order chi connectivity index (χ0) is 33.9. The highest BCUT2D eigenvalue weighted by molar-refractivity contribution is 6.17. The molecule has 1 amide bonds. The van der Waals surface area contributed by atoms with Crippen molar-refractivity contribution in [2.24, 2.45) is 29.4 Å². The van der Waals surface area contributed by atoms with Crippen molar-refractivity contribution in [3.8, 4) is 5.75 Å². The van der Waals surface area contributed by atoms with Gasteiger partial charge in [0, 0.05) is 38.0 Å². The molecule has 12 heteroatoms. The first-order chi connectivity index (χ1) is 21.5. The van der Waals surface area contributed by atoms with Gasteiger partial charge in [0.05, 0.1) is 23.1 Å². The maximum absolute atomic E-state index is 14.8. The summed E-state index contributed by atoms with van der Waals surface area (Å²) in [5.41, 5.74) is 2.29. The first kappa shape index (κ1) is 33.7. The molecule has 3 aliphatic rings. The molecule has 5 rings (SSSR count). The SMILES string of the molecule is COC12CC(C(N)=O)C(=O)C(N(C)C)C1CC1Cc3c(c(O)cc(CNCC(C)(C)c4ccccc4)c3C(F)(F)F)C(=O)C1C2=O. The molecule has 6 unspecified atom stereocenters. The highest BCUT2D eigenvalue weighted by atomic mass is 19.4. The molecular formula is C34H40F3N3O6. The van der Waals surface area contributed by atoms with Crippen molar-refractivity contribution in [3.63, 3.8) is 0 Å². The van der Waals surface area contributed by atoms with Crippen molar-refractivity contribution in [2.75, 3.05) is 27.7 Å². The molecule has 248 valence electrons. The molecule has 0 aliphatic heterocycles.